The molecule has 0 unspecified atom stereocenters. The van der Waals surface area contributed by atoms with Gasteiger partial charge in [-0.1, -0.05) is 25.3 Å². The van der Waals surface area contributed by atoms with Gasteiger partial charge in [-0.05, 0) is 60.7 Å². The number of anilines is 1. The Hall–Kier alpha value is -3.46. The van der Waals surface area contributed by atoms with Gasteiger partial charge in [0.25, 0.3) is 11.8 Å². The maximum Gasteiger partial charge on any atom is 0.261 e. The van der Waals surface area contributed by atoms with Crippen molar-refractivity contribution in [2.45, 2.75) is 44.2 Å². The van der Waals surface area contributed by atoms with E-state index in [1.807, 2.05) is 0 Å². The van der Waals surface area contributed by atoms with Crippen LogP contribution < -0.4 is 15.5 Å². The molecule has 1 aliphatic rings. The van der Waals surface area contributed by atoms with Crippen LogP contribution in [0.3, 0.4) is 0 Å². The third-order valence-corrected chi connectivity index (χ3v) is 6.66. The zero-order valence-corrected chi connectivity index (χ0v) is 19.4. The summed E-state index contributed by atoms with van der Waals surface area (Å²) in [7, 11) is 0. The minimum atomic E-state index is -1.12. The molecule has 7 nitrogen and oxygen atoms in total. The van der Waals surface area contributed by atoms with Crippen LogP contribution in [0.1, 0.15) is 53.6 Å². The highest BCUT2D eigenvalue weighted by atomic mass is 32.1. The smallest absolute Gasteiger partial charge is 0.261 e. The lowest BCUT2D eigenvalue weighted by atomic mass is 9.95. The molecule has 2 N–H and O–H groups in total. The van der Waals surface area contributed by atoms with Crippen LogP contribution in [0, 0.1) is 5.82 Å². The van der Waals surface area contributed by atoms with Crippen molar-refractivity contribution in [2.75, 3.05) is 11.4 Å². The van der Waals surface area contributed by atoms with Gasteiger partial charge in [0.1, 0.15) is 11.6 Å². The second-order valence-corrected chi connectivity index (χ2v) is 9.11. The standard InChI is InChI=1S/C25H26FN3O4S/c26-17-10-12-19(13-11-17)29(22(30)16-27-24(31)21-9-5-15-34-21)23(20-8-4-14-33-20)25(32)28-18-6-2-1-3-7-18/h4-5,8-15,18,23H,1-3,6-7,16H2,(H,27,31)(H,28,32)/t23-/m1/s1. The van der Waals surface area contributed by atoms with Crippen molar-refractivity contribution in [1.82, 2.24) is 10.6 Å². The summed E-state index contributed by atoms with van der Waals surface area (Å²) in [5, 5.41) is 7.44. The van der Waals surface area contributed by atoms with Crippen LogP contribution in [0.15, 0.2) is 64.6 Å². The van der Waals surface area contributed by atoms with E-state index in [0.29, 0.717) is 10.6 Å². The number of nitrogens with zero attached hydrogens (tertiary/aromatic N) is 1. The molecular weight excluding hydrogens is 457 g/mol. The zero-order chi connectivity index (χ0) is 23.9. The van der Waals surface area contributed by atoms with Crippen LogP contribution in [0.25, 0.3) is 0 Å². The van der Waals surface area contributed by atoms with Crippen LogP contribution in [0.4, 0.5) is 10.1 Å². The number of halogens is 1. The normalized spacial score (nSPS) is 14.9. The average Bonchev–Trinajstić information content (AvgIpc) is 3.57. The van der Waals surface area contributed by atoms with Crippen molar-refractivity contribution in [3.63, 3.8) is 0 Å². The second kappa shape index (κ2) is 11.1. The Morgan fingerprint density at radius 1 is 1.06 bits per heavy atom. The summed E-state index contributed by atoms with van der Waals surface area (Å²) >= 11 is 1.26. The van der Waals surface area contributed by atoms with Gasteiger partial charge in [-0.15, -0.1) is 11.3 Å². The van der Waals surface area contributed by atoms with Crippen LogP contribution in [-0.2, 0) is 9.59 Å². The number of amides is 3. The third-order valence-electron chi connectivity index (χ3n) is 5.79. The Balaban J connectivity index is 1.62. The molecule has 0 aliphatic heterocycles. The van der Waals surface area contributed by atoms with Gasteiger partial charge in [0.05, 0.1) is 17.7 Å². The van der Waals surface area contributed by atoms with Gasteiger partial charge in [-0.25, -0.2) is 4.39 Å². The summed E-state index contributed by atoms with van der Waals surface area (Å²) in [6.45, 7) is -0.345. The SMILES string of the molecule is O=C(NCC(=O)N(c1ccc(F)cc1)[C@@H](C(=O)NC1CCCCC1)c1ccco1)c1cccs1. The number of thiophene rings is 1. The van der Waals surface area contributed by atoms with Crippen LogP contribution >= 0.6 is 11.3 Å². The molecule has 3 aromatic rings. The van der Waals surface area contributed by atoms with Gasteiger partial charge in [0, 0.05) is 11.7 Å². The Labute approximate surface area is 200 Å². The molecule has 1 aliphatic carbocycles. The minimum absolute atomic E-state index is 0.0161. The Bertz CT molecular complexity index is 1090. The van der Waals surface area contributed by atoms with E-state index in [2.05, 4.69) is 10.6 Å². The summed E-state index contributed by atoms with van der Waals surface area (Å²) in [6.07, 6.45) is 6.38. The van der Waals surface area contributed by atoms with E-state index in [-0.39, 0.29) is 30.2 Å². The van der Waals surface area contributed by atoms with Gasteiger partial charge >= 0.3 is 0 Å². The molecule has 1 aromatic carbocycles. The molecule has 1 fully saturated rings. The first-order valence-electron chi connectivity index (χ1n) is 11.3. The summed E-state index contributed by atoms with van der Waals surface area (Å²) in [5.74, 6) is -1.50. The molecular formula is C25H26FN3O4S. The number of carbonyl (C=O) groups excluding carboxylic acids is 3. The molecule has 1 saturated carbocycles. The fourth-order valence-corrected chi connectivity index (χ4v) is 4.76. The summed E-state index contributed by atoms with van der Waals surface area (Å²) in [5.41, 5.74) is 0.317. The van der Waals surface area contributed by atoms with Gasteiger partial charge < -0.3 is 15.1 Å². The van der Waals surface area contributed by atoms with Gasteiger partial charge in [0.15, 0.2) is 6.04 Å². The maximum absolute atomic E-state index is 13.6. The molecule has 1 atom stereocenters. The highest BCUT2D eigenvalue weighted by Crippen LogP contribution is 2.29. The van der Waals surface area contributed by atoms with E-state index < -0.39 is 17.8 Å². The fourth-order valence-electron chi connectivity index (χ4n) is 4.12. The first kappa shape index (κ1) is 23.7. The fraction of sp³-hybridized carbons (Fsp3) is 0.320. The van der Waals surface area contributed by atoms with E-state index >= 15 is 0 Å². The molecule has 9 heteroatoms. The monoisotopic (exact) mass is 483 g/mol. The molecule has 4 rings (SSSR count). The second-order valence-electron chi connectivity index (χ2n) is 8.16. The minimum Gasteiger partial charge on any atom is -0.467 e. The van der Waals surface area contributed by atoms with Crippen molar-refractivity contribution in [1.29, 1.82) is 0 Å². The van der Waals surface area contributed by atoms with Crippen LogP contribution in [0.5, 0.6) is 0 Å². The Morgan fingerprint density at radius 2 is 1.82 bits per heavy atom. The first-order valence-corrected chi connectivity index (χ1v) is 12.1. The van der Waals surface area contributed by atoms with Gasteiger partial charge in [-0.2, -0.15) is 0 Å². The van der Waals surface area contributed by atoms with Crippen molar-refractivity contribution < 1.29 is 23.2 Å². The van der Waals surface area contributed by atoms with Crippen molar-refractivity contribution in [3.8, 4) is 0 Å². The van der Waals surface area contributed by atoms with Crippen LogP contribution in [0.2, 0.25) is 0 Å². The Morgan fingerprint density at radius 3 is 2.47 bits per heavy atom. The highest BCUT2D eigenvalue weighted by Gasteiger charge is 2.36. The third kappa shape index (κ3) is 5.72. The van der Waals surface area contributed by atoms with Crippen molar-refractivity contribution in [2.24, 2.45) is 0 Å². The van der Waals surface area contributed by atoms with E-state index in [9.17, 15) is 18.8 Å². The van der Waals surface area contributed by atoms with E-state index in [1.165, 1.54) is 46.8 Å². The lowest BCUT2D eigenvalue weighted by Crippen LogP contribution is -2.49. The largest absolute Gasteiger partial charge is 0.467 e. The molecule has 2 heterocycles. The number of benzene rings is 1. The van der Waals surface area contributed by atoms with Gasteiger partial charge in [0.2, 0.25) is 5.91 Å². The predicted molar refractivity (Wildman–Crippen MR) is 127 cm³/mol. The molecule has 34 heavy (non-hydrogen) atoms. The van der Waals surface area contributed by atoms with Crippen molar-refractivity contribution in [3.05, 3.63) is 76.6 Å². The molecule has 0 radical (unpaired) electrons. The topological polar surface area (TPSA) is 91.7 Å². The molecule has 3 amide bonds. The van der Waals surface area contributed by atoms with E-state index in [1.54, 1.807) is 29.6 Å². The average molecular weight is 484 g/mol. The van der Waals surface area contributed by atoms with Crippen molar-refractivity contribution >= 4 is 34.7 Å². The molecule has 2 aromatic heterocycles. The maximum atomic E-state index is 13.6. The van der Waals surface area contributed by atoms with Gasteiger partial charge in [-0.3, -0.25) is 19.3 Å². The highest BCUT2D eigenvalue weighted by molar-refractivity contribution is 7.12. The zero-order valence-electron chi connectivity index (χ0n) is 18.5. The number of rotatable bonds is 8. The van der Waals surface area contributed by atoms with Crippen LogP contribution in [-0.4, -0.2) is 30.3 Å². The first-order chi connectivity index (χ1) is 16.5. The molecule has 178 valence electrons. The van der Waals surface area contributed by atoms with E-state index in [0.717, 1.165) is 32.1 Å². The number of nitrogens with one attached hydrogen (secondary N) is 2. The predicted octanol–water partition coefficient (Wildman–Crippen LogP) is 4.43. The summed E-state index contributed by atoms with van der Waals surface area (Å²) < 4.78 is 19.2. The lowest BCUT2D eigenvalue weighted by molar-refractivity contribution is -0.127. The number of hydrogen-bond acceptors (Lipinski definition) is 5. The number of carbonyl (C=O) groups is 3. The molecule has 0 saturated heterocycles. The number of furan rings is 1. The quantitative estimate of drug-likeness (QED) is 0.496. The summed E-state index contributed by atoms with van der Waals surface area (Å²) in [4.78, 5) is 41.0. The summed E-state index contributed by atoms with van der Waals surface area (Å²) in [6, 6.07) is 10.9. The molecule has 0 bridgehead atoms. The lowest BCUT2D eigenvalue weighted by Gasteiger charge is -2.32. The number of hydrogen-bond donors (Lipinski definition) is 2. The van der Waals surface area contributed by atoms with E-state index in [4.69, 9.17) is 4.42 Å². The molecule has 0 spiro atoms. The Kier molecular flexibility index (Phi) is 7.74.